The smallest absolute Gasteiger partial charge is 0.136 e. The lowest BCUT2D eigenvalue weighted by molar-refractivity contribution is 0.609. The SMILES string of the molecule is CC(C)CN(CCC#N)c1nccc2c(Br)cccc12. The van der Waals surface area contributed by atoms with Crippen molar-refractivity contribution in [3.05, 3.63) is 34.9 Å². The molecule has 4 heteroatoms. The molecular formula is C16H18BrN3. The Morgan fingerprint density at radius 1 is 1.30 bits per heavy atom. The fourth-order valence-corrected chi connectivity index (χ4v) is 2.81. The van der Waals surface area contributed by atoms with Gasteiger partial charge in [0.25, 0.3) is 0 Å². The van der Waals surface area contributed by atoms with Crippen LogP contribution in [0, 0.1) is 17.2 Å². The molecule has 20 heavy (non-hydrogen) atoms. The third-order valence-electron chi connectivity index (χ3n) is 3.11. The normalized spacial score (nSPS) is 10.8. The molecule has 1 heterocycles. The van der Waals surface area contributed by atoms with Crippen LogP contribution < -0.4 is 4.90 Å². The number of halogens is 1. The largest absolute Gasteiger partial charge is 0.355 e. The molecule has 0 saturated carbocycles. The van der Waals surface area contributed by atoms with Crippen molar-refractivity contribution >= 4 is 32.5 Å². The molecule has 1 aromatic heterocycles. The van der Waals surface area contributed by atoms with Gasteiger partial charge in [-0.2, -0.15) is 5.26 Å². The molecule has 0 aliphatic rings. The Bertz CT molecular complexity index is 631. The highest BCUT2D eigenvalue weighted by atomic mass is 79.9. The first-order valence-electron chi connectivity index (χ1n) is 6.78. The van der Waals surface area contributed by atoms with Crippen molar-refractivity contribution in [2.24, 2.45) is 5.92 Å². The molecule has 2 rings (SSSR count). The van der Waals surface area contributed by atoms with Crippen LogP contribution in [0.4, 0.5) is 5.82 Å². The summed E-state index contributed by atoms with van der Waals surface area (Å²) < 4.78 is 1.07. The summed E-state index contributed by atoms with van der Waals surface area (Å²) in [5.41, 5.74) is 0. The second-order valence-electron chi connectivity index (χ2n) is 5.22. The van der Waals surface area contributed by atoms with Gasteiger partial charge in [0.15, 0.2) is 0 Å². The molecule has 0 saturated heterocycles. The Balaban J connectivity index is 2.47. The van der Waals surface area contributed by atoms with Gasteiger partial charge < -0.3 is 4.90 Å². The predicted molar refractivity (Wildman–Crippen MR) is 86.7 cm³/mol. The van der Waals surface area contributed by atoms with Gasteiger partial charge in [0.1, 0.15) is 5.82 Å². The van der Waals surface area contributed by atoms with E-state index in [9.17, 15) is 0 Å². The average molecular weight is 332 g/mol. The number of aromatic nitrogens is 1. The number of benzene rings is 1. The van der Waals surface area contributed by atoms with Gasteiger partial charge in [-0.1, -0.05) is 41.9 Å². The minimum absolute atomic E-state index is 0.513. The molecule has 1 aromatic carbocycles. The van der Waals surface area contributed by atoms with E-state index in [4.69, 9.17) is 5.26 Å². The Morgan fingerprint density at radius 3 is 2.80 bits per heavy atom. The molecule has 104 valence electrons. The van der Waals surface area contributed by atoms with Crippen LogP contribution in [-0.4, -0.2) is 18.1 Å². The van der Waals surface area contributed by atoms with Crippen molar-refractivity contribution in [2.75, 3.05) is 18.0 Å². The summed E-state index contributed by atoms with van der Waals surface area (Å²) in [6.07, 6.45) is 2.35. The number of nitriles is 1. The van der Waals surface area contributed by atoms with Gasteiger partial charge >= 0.3 is 0 Å². The lowest BCUT2D eigenvalue weighted by Crippen LogP contribution is -2.29. The van der Waals surface area contributed by atoms with E-state index >= 15 is 0 Å². The minimum atomic E-state index is 0.513. The van der Waals surface area contributed by atoms with Crippen molar-refractivity contribution in [3.8, 4) is 6.07 Å². The van der Waals surface area contributed by atoms with Crippen molar-refractivity contribution < 1.29 is 0 Å². The maximum Gasteiger partial charge on any atom is 0.136 e. The van der Waals surface area contributed by atoms with Crippen LogP contribution in [0.2, 0.25) is 0 Å². The van der Waals surface area contributed by atoms with Crippen LogP contribution >= 0.6 is 15.9 Å². The van der Waals surface area contributed by atoms with E-state index in [1.54, 1.807) is 0 Å². The second kappa shape index (κ2) is 6.71. The van der Waals surface area contributed by atoms with E-state index in [1.165, 1.54) is 0 Å². The van der Waals surface area contributed by atoms with Gasteiger partial charge in [0.05, 0.1) is 12.5 Å². The zero-order valence-corrected chi connectivity index (χ0v) is 13.4. The van der Waals surface area contributed by atoms with Gasteiger partial charge in [-0.3, -0.25) is 0 Å². The van der Waals surface area contributed by atoms with Gasteiger partial charge in [-0.15, -0.1) is 0 Å². The first-order chi connectivity index (χ1) is 9.63. The highest BCUT2D eigenvalue weighted by molar-refractivity contribution is 9.10. The number of rotatable bonds is 5. The number of pyridine rings is 1. The van der Waals surface area contributed by atoms with Crippen molar-refractivity contribution in [1.82, 2.24) is 4.98 Å². The molecule has 0 aliphatic heterocycles. The fourth-order valence-electron chi connectivity index (χ4n) is 2.31. The van der Waals surface area contributed by atoms with Crippen LogP contribution in [0.5, 0.6) is 0 Å². The predicted octanol–water partition coefficient (Wildman–Crippen LogP) is 4.37. The molecule has 0 spiro atoms. The van der Waals surface area contributed by atoms with Crippen molar-refractivity contribution in [1.29, 1.82) is 5.26 Å². The van der Waals surface area contributed by atoms with E-state index in [-0.39, 0.29) is 0 Å². The molecule has 0 radical (unpaired) electrons. The van der Waals surface area contributed by atoms with Crippen LogP contribution in [0.3, 0.4) is 0 Å². The van der Waals surface area contributed by atoms with Crippen molar-refractivity contribution in [3.63, 3.8) is 0 Å². The maximum atomic E-state index is 8.85. The standard InChI is InChI=1S/C16H18BrN3/c1-12(2)11-20(10-4-8-18)16-14-5-3-6-15(17)13(14)7-9-19-16/h3,5-7,9,12H,4,10-11H2,1-2H3. The van der Waals surface area contributed by atoms with Gasteiger partial charge in [0, 0.05) is 34.5 Å². The van der Waals surface area contributed by atoms with Gasteiger partial charge in [-0.05, 0) is 18.1 Å². The summed E-state index contributed by atoms with van der Waals surface area (Å²) in [6, 6.07) is 10.4. The number of fused-ring (bicyclic) bond motifs is 1. The zero-order chi connectivity index (χ0) is 14.5. The Morgan fingerprint density at radius 2 is 2.10 bits per heavy atom. The number of nitrogens with zero attached hydrogens (tertiary/aromatic N) is 3. The average Bonchev–Trinajstić information content (AvgIpc) is 2.43. The summed E-state index contributed by atoms with van der Waals surface area (Å²) in [4.78, 5) is 6.76. The molecule has 0 N–H and O–H groups in total. The number of anilines is 1. The van der Waals surface area contributed by atoms with Crippen LogP contribution in [0.15, 0.2) is 34.9 Å². The third kappa shape index (κ3) is 3.29. The van der Waals surface area contributed by atoms with Crippen LogP contribution in [0.25, 0.3) is 10.8 Å². The third-order valence-corrected chi connectivity index (χ3v) is 3.80. The monoisotopic (exact) mass is 331 g/mol. The lowest BCUT2D eigenvalue weighted by Gasteiger charge is -2.26. The highest BCUT2D eigenvalue weighted by Crippen LogP contribution is 2.30. The topological polar surface area (TPSA) is 39.9 Å². The Hall–Kier alpha value is -1.60. The molecule has 0 fully saturated rings. The Labute approximate surface area is 128 Å². The van der Waals surface area contributed by atoms with E-state index in [0.717, 1.165) is 27.6 Å². The van der Waals surface area contributed by atoms with Crippen LogP contribution in [-0.2, 0) is 0 Å². The van der Waals surface area contributed by atoms with E-state index in [0.29, 0.717) is 18.9 Å². The van der Waals surface area contributed by atoms with Crippen LogP contribution in [0.1, 0.15) is 20.3 Å². The Kier molecular flexibility index (Phi) is 4.97. The van der Waals surface area contributed by atoms with E-state index < -0.39 is 0 Å². The lowest BCUT2D eigenvalue weighted by atomic mass is 10.1. The quantitative estimate of drug-likeness (QED) is 0.816. The molecular weight excluding hydrogens is 314 g/mol. The molecule has 0 unspecified atom stereocenters. The van der Waals surface area contributed by atoms with Gasteiger partial charge in [-0.25, -0.2) is 4.98 Å². The van der Waals surface area contributed by atoms with Crippen molar-refractivity contribution in [2.45, 2.75) is 20.3 Å². The molecule has 3 nitrogen and oxygen atoms in total. The van der Waals surface area contributed by atoms with Gasteiger partial charge in [0.2, 0.25) is 0 Å². The first kappa shape index (κ1) is 14.8. The summed E-state index contributed by atoms with van der Waals surface area (Å²) in [7, 11) is 0. The summed E-state index contributed by atoms with van der Waals surface area (Å²) >= 11 is 3.59. The number of hydrogen-bond acceptors (Lipinski definition) is 3. The number of hydrogen-bond donors (Lipinski definition) is 0. The minimum Gasteiger partial charge on any atom is -0.355 e. The summed E-state index contributed by atoms with van der Waals surface area (Å²) in [5, 5.41) is 11.1. The fraction of sp³-hybridized carbons (Fsp3) is 0.375. The summed E-state index contributed by atoms with van der Waals surface area (Å²) in [6.45, 7) is 5.98. The van der Waals surface area contributed by atoms with E-state index in [2.05, 4.69) is 51.8 Å². The molecule has 0 bridgehead atoms. The molecule has 0 amide bonds. The zero-order valence-electron chi connectivity index (χ0n) is 11.8. The molecule has 0 atom stereocenters. The second-order valence-corrected chi connectivity index (χ2v) is 6.07. The molecule has 0 aliphatic carbocycles. The first-order valence-corrected chi connectivity index (χ1v) is 7.58. The van der Waals surface area contributed by atoms with E-state index in [1.807, 2.05) is 24.4 Å². The summed E-state index contributed by atoms with van der Waals surface area (Å²) in [5.74, 6) is 1.49. The maximum absolute atomic E-state index is 8.85. The highest BCUT2D eigenvalue weighted by Gasteiger charge is 2.13. The molecule has 2 aromatic rings.